The fourth-order valence-electron chi connectivity index (χ4n) is 3.14. The summed E-state index contributed by atoms with van der Waals surface area (Å²) in [7, 11) is -3.18. The van der Waals surface area contributed by atoms with Crippen molar-refractivity contribution in [3.63, 3.8) is 0 Å². The summed E-state index contributed by atoms with van der Waals surface area (Å²) in [5.41, 5.74) is 1.19. The SMILES string of the molecule is CS(=O)(=O)N1CC[C@@H](Oc2cccnc2)[C@@H](Cc2ccccc2)C1. The second kappa shape index (κ2) is 7.32. The van der Waals surface area contributed by atoms with E-state index in [2.05, 4.69) is 17.1 Å². The number of ether oxygens (including phenoxy) is 1. The summed E-state index contributed by atoms with van der Waals surface area (Å²) < 4.78 is 31.5. The van der Waals surface area contributed by atoms with Crippen LogP contribution in [0.15, 0.2) is 54.9 Å². The maximum atomic E-state index is 11.9. The Labute approximate surface area is 143 Å². The van der Waals surface area contributed by atoms with Crippen molar-refractivity contribution in [1.82, 2.24) is 9.29 Å². The van der Waals surface area contributed by atoms with Crippen LogP contribution in [0.4, 0.5) is 0 Å². The largest absolute Gasteiger partial charge is 0.488 e. The molecule has 0 bridgehead atoms. The van der Waals surface area contributed by atoms with E-state index in [0.29, 0.717) is 19.5 Å². The van der Waals surface area contributed by atoms with E-state index in [0.717, 1.165) is 12.2 Å². The van der Waals surface area contributed by atoms with Crippen molar-refractivity contribution < 1.29 is 13.2 Å². The molecule has 0 amide bonds. The van der Waals surface area contributed by atoms with Gasteiger partial charge in [-0.15, -0.1) is 0 Å². The molecule has 5 nitrogen and oxygen atoms in total. The topological polar surface area (TPSA) is 59.5 Å². The van der Waals surface area contributed by atoms with Gasteiger partial charge in [-0.1, -0.05) is 30.3 Å². The Kier molecular flexibility index (Phi) is 5.16. The lowest BCUT2D eigenvalue weighted by Gasteiger charge is -2.37. The minimum atomic E-state index is -3.18. The number of piperidine rings is 1. The van der Waals surface area contributed by atoms with Crippen LogP contribution in [0.5, 0.6) is 5.75 Å². The monoisotopic (exact) mass is 346 g/mol. The lowest BCUT2D eigenvalue weighted by molar-refractivity contribution is 0.0742. The molecule has 1 aromatic carbocycles. The average molecular weight is 346 g/mol. The third-order valence-electron chi connectivity index (χ3n) is 4.36. The lowest BCUT2D eigenvalue weighted by atomic mass is 9.89. The third-order valence-corrected chi connectivity index (χ3v) is 5.63. The van der Waals surface area contributed by atoms with Gasteiger partial charge < -0.3 is 4.74 Å². The summed E-state index contributed by atoms with van der Waals surface area (Å²) in [5.74, 6) is 0.837. The van der Waals surface area contributed by atoms with Gasteiger partial charge in [-0.3, -0.25) is 4.98 Å². The summed E-state index contributed by atoms with van der Waals surface area (Å²) in [5, 5.41) is 0. The summed E-state index contributed by atoms with van der Waals surface area (Å²) in [6.07, 6.45) is 6.13. The Morgan fingerprint density at radius 2 is 2.00 bits per heavy atom. The molecular weight excluding hydrogens is 324 g/mol. The highest BCUT2D eigenvalue weighted by Crippen LogP contribution is 2.27. The molecular formula is C18H22N2O3S. The average Bonchev–Trinajstić information content (AvgIpc) is 2.57. The fourth-order valence-corrected chi connectivity index (χ4v) is 4.04. The van der Waals surface area contributed by atoms with E-state index in [1.165, 1.54) is 11.8 Å². The number of rotatable bonds is 5. The van der Waals surface area contributed by atoms with E-state index in [4.69, 9.17) is 4.74 Å². The molecule has 2 heterocycles. The fraction of sp³-hybridized carbons (Fsp3) is 0.389. The van der Waals surface area contributed by atoms with Crippen molar-refractivity contribution in [2.75, 3.05) is 19.3 Å². The Balaban J connectivity index is 1.78. The lowest BCUT2D eigenvalue weighted by Crippen LogP contribution is -2.48. The molecule has 0 spiro atoms. The molecule has 1 aliphatic rings. The van der Waals surface area contributed by atoms with E-state index in [-0.39, 0.29) is 12.0 Å². The first-order valence-corrected chi connectivity index (χ1v) is 9.93. The van der Waals surface area contributed by atoms with Gasteiger partial charge in [-0.25, -0.2) is 12.7 Å². The van der Waals surface area contributed by atoms with E-state index < -0.39 is 10.0 Å². The van der Waals surface area contributed by atoms with Gasteiger partial charge in [0.15, 0.2) is 0 Å². The van der Waals surface area contributed by atoms with Gasteiger partial charge >= 0.3 is 0 Å². The summed E-state index contributed by atoms with van der Waals surface area (Å²) in [6.45, 7) is 0.980. The summed E-state index contributed by atoms with van der Waals surface area (Å²) in [6, 6.07) is 13.9. The highest BCUT2D eigenvalue weighted by molar-refractivity contribution is 7.88. The first-order valence-electron chi connectivity index (χ1n) is 8.08. The maximum Gasteiger partial charge on any atom is 0.211 e. The van der Waals surface area contributed by atoms with Crippen LogP contribution in [0.25, 0.3) is 0 Å². The standard InChI is InChI=1S/C18H22N2O3S/c1-24(21,22)20-11-9-18(23-17-8-5-10-19-13-17)16(14-20)12-15-6-3-2-4-7-15/h2-8,10,13,16,18H,9,11-12,14H2,1H3/t16-,18+/m0/s1. The maximum absolute atomic E-state index is 11.9. The van der Waals surface area contributed by atoms with E-state index in [1.54, 1.807) is 16.7 Å². The minimum Gasteiger partial charge on any atom is -0.488 e. The van der Waals surface area contributed by atoms with Crippen LogP contribution >= 0.6 is 0 Å². The van der Waals surface area contributed by atoms with Crippen molar-refractivity contribution in [1.29, 1.82) is 0 Å². The zero-order valence-corrected chi connectivity index (χ0v) is 14.5. The molecule has 1 fully saturated rings. The van der Waals surface area contributed by atoms with Crippen LogP contribution in [-0.2, 0) is 16.4 Å². The number of nitrogens with zero attached hydrogens (tertiary/aromatic N) is 2. The normalized spacial score (nSPS) is 22.2. The molecule has 0 radical (unpaired) electrons. The van der Waals surface area contributed by atoms with Crippen LogP contribution in [0, 0.1) is 5.92 Å². The number of aromatic nitrogens is 1. The smallest absolute Gasteiger partial charge is 0.211 e. The van der Waals surface area contributed by atoms with Crippen LogP contribution in [-0.4, -0.2) is 43.2 Å². The highest BCUT2D eigenvalue weighted by atomic mass is 32.2. The Bertz CT molecular complexity index is 750. The molecule has 128 valence electrons. The van der Waals surface area contributed by atoms with E-state index >= 15 is 0 Å². The third kappa shape index (κ3) is 4.33. The minimum absolute atomic E-state index is 0.0209. The zero-order valence-electron chi connectivity index (χ0n) is 13.7. The molecule has 0 saturated carbocycles. The molecule has 1 aliphatic heterocycles. The Morgan fingerprint density at radius 3 is 2.67 bits per heavy atom. The van der Waals surface area contributed by atoms with Gasteiger partial charge in [0.2, 0.25) is 10.0 Å². The number of sulfonamides is 1. The number of pyridine rings is 1. The molecule has 1 aromatic heterocycles. The van der Waals surface area contributed by atoms with Gasteiger partial charge in [-0.2, -0.15) is 0 Å². The number of benzene rings is 1. The van der Waals surface area contributed by atoms with Crippen molar-refractivity contribution in [2.45, 2.75) is 18.9 Å². The zero-order chi connectivity index (χ0) is 17.0. The number of hydrogen-bond acceptors (Lipinski definition) is 4. The van der Waals surface area contributed by atoms with Crippen molar-refractivity contribution in [3.8, 4) is 5.75 Å². The van der Waals surface area contributed by atoms with Gasteiger partial charge in [0.25, 0.3) is 0 Å². The predicted octanol–water partition coefficient (Wildman–Crippen LogP) is 2.35. The van der Waals surface area contributed by atoms with Gasteiger partial charge in [0.1, 0.15) is 11.9 Å². The van der Waals surface area contributed by atoms with Crippen molar-refractivity contribution in [2.24, 2.45) is 5.92 Å². The highest BCUT2D eigenvalue weighted by Gasteiger charge is 2.34. The van der Waals surface area contributed by atoms with Crippen molar-refractivity contribution in [3.05, 3.63) is 60.4 Å². The first-order chi connectivity index (χ1) is 11.5. The molecule has 0 unspecified atom stereocenters. The van der Waals surface area contributed by atoms with Gasteiger partial charge in [0.05, 0.1) is 12.5 Å². The molecule has 2 aromatic rings. The van der Waals surface area contributed by atoms with E-state index in [9.17, 15) is 8.42 Å². The quantitative estimate of drug-likeness (QED) is 0.834. The predicted molar refractivity (Wildman–Crippen MR) is 93.3 cm³/mol. The molecule has 24 heavy (non-hydrogen) atoms. The first kappa shape index (κ1) is 16.9. The molecule has 2 atom stereocenters. The van der Waals surface area contributed by atoms with Crippen LogP contribution < -0.4 is 4.74 Å². The Hall–Kier alpha value is -1.92. The van der Waals surface area contributed by atoms with E-state index in [1.807, 2.05) is 30.3 Å². The summed E-state index contributed by atoms with van der Waals surface area (Å²) >= 11 is 0. The van der Waals surface area contributed by atoms with Gasteiger partial charge in [0, 0.05) is 25.2 Å². The second-order valence-corrected chi connectivity index (χ2v) is 8.19. The second-order valence-electron chi connectivity index (χ2n) is 6.20. The van der Waals surface area contributed by atoms with Crippen molar-refractivity contribution >= 4 is 10.0 Å². The van der Waals surface area contributed by atoms with Crippen LogP contribution in [0.1, 0.15) is 12.0 Å². The molecule has 0 N–H and O–H groups in total. The van der Waals surface area contributed by atoms with Crippen LogP contribution in [0.2, 0.25) is 0 Å². The molecule has 6 heteroatoms. The summed E-state index contributed by atoms with van der Waals surface area (Å²) in [4.78, 5) is 4.08. The molecule has 1 saturated heterocycles. The van der Waals surface area contributed by atoms with Crippen LogP contribution in [0.3, 0.4) is 0 Å². The molecule has 3 rings (SSSR count). The number of hydrogen-bond donors (Lipinski definition) is 0. The molecule has 0 aliphatic carbocycles. The Morgan fingerprint density at radius 1 is 1.21 bits per heavy atom. The van der Waals surface area contributed by atoms with Gasteiger partial charge in [-0.05, 0) is 30.5 Å².